The second-order valence-electron chi connectivity index (χ2n) is 7.56. The van der Waals surface area contributed by atoms with E-state index >= 15 is 0 Å². The Kier molecular flexibility index (Phi) is 4.76. The Morgan fingerprint density at radius 3 is 2.48 bits per heavy atom. The number of para-hydroxylation sites is 1. The first-order valence-electron chi connectivity index (χ1n) is 9.53. The molecule has 1 atom stereocenters. The molecule has 1 unspecified atom stereocenters. The number of anilines is 1. The van der Waals surface area contributed by atoms with Crippen molar-refractivity contribution in [1.82, 2.24) is 4.90 Å². The van der Waals surface area contributed by atoms with E-state index in [0.29, 0.717) is 12.0 Å². The fourth-order valence-electron chi connectivity index (χ4n) is 4.40. The highest BCUT2D eigenvalue weighted by Gasteiger charge is 2.32. The van der Waals surface area contributed by atoms with E-state index < -0.39 is 0 Å². The minimum Gasteiger partial charge on any atom is -0.368 e. The van der Waals surface area contributed by atoms with Crippen molar-refractivity contribution in [3.63, 3.8) is 0 Å². The SMILES string of the molecule is CC1CN(C2CCN(CCc3ccc(F)cc3)CC2)c2ccccc21. The number of nitrogens with zero attached hydrogens (tertiary/aromatic N) is 2. The Morgan fingerprint density at radius 2 is 1.72 bits per heavy atom. The van der Waals surface area contributed by atoms with Crippen LogP contribution in [0.2, 0.25) is 0 Å². The van der Waals surface area contributed by atoms with E-state index in [2.05, 4.69) is 41.0 Å². The summed E-state index contributed by atoms with van der Waals surface area (Å²) in [6, 6.07) is 16.5. The highest BCUT2D eigenvalue weighted by Crippen LogP contribution is 2.38. The fraction of sp³-hybridized carbons (Fsp3) is 0.455. The van der Waals surface area contributed by atoms with Crippen molar-refractivity contribution in [2.45, 2.75) is 38.1 Å². The molecule has 0 radical (unpaired) electrons. The van der Waals surface area contributed by atoms with Crippen LogP contribution < -0.4 is 4.90 Å². The van der Waals surface area contributed by atoms with Crippen LogP contribution in [0.1, 0.15) is 36.8 Å². The van der Waals surface area contributed by atoms with Gasteiger partial charge in [-0.15, -0.1) is 0 Å². The van der Waals surface area contributed by atoms with E-state index in [1.54, 1.807) is 12.1 Å². The number of likely N-dealkylation sites (tertiary alicyclic amines) is 1. The van der Waals surface area contributed by atoms with E-state index in [-0.39, 0.29) is 5.82 Å². The summed E-state index contributed by atoms with van der Waals surface area (Å²) in [7, 11) is 0. The maximum atomic E-state index is 13.0. The van der Waals surface area contributed by atoms with Crippen molar-refractivity contribution in [1.29, 1.82) is 0 Å². The zero-order chi connectivity index (χ0) is 17.2. The monoisotopic (exact) mass is 338 g/mol. The van der Waals surface area contributed by atoms with Crippen LogP contribution in [-0.4, -0.2) is 37.1 Å². The lowest BCUT2D eigenvalue weighted by atomic mass is 10.0. The minimum absolute atomic E-state index is 0.148. The van der Waals surface area contributed by atoms with E-state index in [1.807, 2.05) is 12.1 Å². The van der Waals surface area contributed by atoms with Gasteiger partial charge in [0.25, 0.3) is 0 Å². The van der Waals surface area contributed by atoms with E-state index in [0.717, 1.165) is 13.0 Å². The summed E-state index contributed by atoms with van der Waals surface area (Å²) in [5, 5.41) is 0. The quantitative estimate of drug-likeness (QED) is 0.812. The highest BCUT2D eigenvalue weighted by molar-refractivity contribution is 5.60. The summed E-state index contributed by atoms with van der Waals surface area (Å²) < 4.78 is 13.0. The van der Waals surface area contributed by atoms with Gasteiger partial charge in [-0.3, -0.25) is 0 Å². The Morgan fingerprint density at radius 1 is 1.00 bits per heavy atom. The lowest BCUT2D eigenvalue weighted by Gasteiger charge is -2.38. The molecule has 0 spiro atoms. The van der Waals surface area contributed by atoms with Gasteiger partial charge in [-0.1, -0.05) is 37.3 Å². The van der Waals surface area contributed by atoms with Crippen LogP contribution in [-0.2, 0) is 6.42 Å². The standard InChI is InChI=1S/C22H27FN2/c1-17-16-25(22-5-3-2-4-21(17)22)20-11-14-24(15-12-20)13-10-18-6-8-19(23)9-7-18/h2-9,17,20H,10-16H2,1H3. The van der Waals surface area contributed by atoms with E-state index in [4.69, 9.17) is 0 Å². The van der Waals surface area contributed by atoms with Crippen LogP contribution in [0.25, 0.3) is 0 Å². The first-order valence-corrected chi connectivity index (χ1v) is 9.53. The Bertz CT molecular complexity index is 704. The van der Waals surface area contributed by atoms with Crippen molar-refractivity contribution < 1.29 is 4.39 Å². The van der Waals surface area contributed by atoms with Gasteiger partial charge in [0.15, 0.2) is 0 Å². The number of hydrogen-bond acceptors (Lipinski definition) is 2. The van der Waals surface area contributed by atoms with Crippen LogP contribution in [0.15, 0.2) is 48.5 Å². The molecule has 132 valence electrons. The van der Waals surface area contributed by atoms with Crippen molar-refractivity contribution in [2.24, 2.45) is 0 Å². The number of benzene rings is 2. The van der Waals surface area contributed by atoms with Crippen LogP contribution in [0.3, 0.4) is 0 Å². The molecule has 1 saturated heterocycles. The van der Waals surface area contributed by atoms with Gasteiger partial charge >= 0.3 is 0 Å². The number of piperidine rings is 1. The van der Waals surface area contributed by atoms with Gasteiger partial charge in [0.05, 0.1) is 0 Å². The Labute approximate surface area is 150 Å². The highest BCUT2D eigenvalue weighted by atomic mass is 19.1. The molecule has 2 heterocycles. The summed E-state index contributed by atoms with van der Waals surface area (Å²) >= 11 is 0. The van der Waals surface area contributed by atoms with Crippen LogP contribution >= 0.6 is 0 Å². The van der Waals surface area contributed by atoms with Crippen LogP contribution in [0, 0.1) is 5.82 Å². The summed E-state index contributed by atoms with van der Waals surface area (Å²) in [6.07, 6.45) is 3.49. The first kappa shape index (κ1) is 16.6. The number of hydrogen-bond donors (Lipinski definition) is 0. The third kappa shape index (κ3) is 3.57. The number of fused-ring (bicyclic) bond motifs is 1. The molecule has 0 N–H and O–H groups in total. The lowest BCUT2D eigenvalue weighted by Crippen LogP contribution is -2.45. The average Bonchev–Trinajstić information content (AvgIpc) is 2.99. The topological polar surface area (TPSA) is 6.48 Å². The molecular formula is C22H27FN2. The predicted octanol–water partition coefficient (Wildman–Crippen LogP) is 4.46. The summed E-state index contributed by atoms with van der Waals surface area (Å²) in [5.74, 6) is 0.498. The molecule has 2 aliphatic rings. The largest absolute Gasteiger partial charge is 0.368 e. The van der Waals surface area contributed by atoms with Crippen molar-refractivity contribution in [3.05, 3.63) is 65.5 Å². The summed E-state index contributed by atoms with van der Waals surface area (Å²) in [5.41, 5.74) is 4.20. The van der Waals surface area contributed by atoms with Crippen molar-refractivity contribution in [2.75, 3.05) is 31.1 Å². The molecule has 0 aromatic heterocycles. The second kappa shape index (κ2) is 7.17. The number of halogens is 1. The molecule has 0 bridgehead atoms. The smallest absolute Gasteiger partial charge is 0.123 e. The predicted molar refractivity (Wildman–Crippen MR) is 102 cm³/mol. The lowest BCUT2D eigenvalue weighted by molar-refractivity contribution is 0.211. The molecule has 0 amide bonds. The molecular weight excluding hydrogens is 311 g/mol. The molecule has 25 heavy (non-hydrogen) atoms. The van der Waals surface area contributed by atoms with Crippen LogP contribution in [0.5, 0.6) is 0 Å². The zero-order valence-corrected chi connectivity index (χ0v) is 15.0. The zero-order valence-electron chi connectivity index (χ0n) is 15.0. The summed E-state index contributed by atoms with van der Waals surface area (Å²) in [4.78, 5) is 5.21. The van der Waals surface area contributed by atoms with Gasteiger partial charge in [-0.2, -0.15) is 0 Å². The molecule has 1 fully saturated rings. The van der Waals surface area contributed by atoms with Crippen molar-refractivity contribution in [3.8, 4) is 0 Å². The molecule has 0 aliphatic carbocycles. The molecule has 2 aliphatic heterocycles. The Balaban J connectivity index is 1.31. The van der Waals surface area contributed by atoms with E-state index in [1.165, 1.54) is 49.3 Å². The Hall–Kier alpha value is -1.87. The maximum absolute atomic E-state index is 13.0. The van der Waals surface area contributed by atoms with Crippen molar-refractivity contribution >= 4 is 5.69 Å². The minimum atomic E-state index is -0.148. The van der Waals surface area contributed by atoms with Crippen LogP contribution in [0.4, 0.5) is 10.1 Å². The normalized spacial score (nSPS) is 21.5. The third-order valence-corrected chi connectivity index (χ3v) is 5.88. The fourth-order valence-corrected chi connectivity index (χ4v) is 4.40. The van der Waals surface area contributed by atoms with E-state index in [9.17, 15) is 4.39 Å². The summed E-state index contributed by atoms with van der Waals surface area (Å²) in [6.45, 7) is 6.92. The van der Waals surface area contributed by atoms with Gasteiger partial charge in [0.2, 0.25) is 0 Å². The molecule has 2 aromatic rings. The second-order valence-corrected chi connectivity index (χ2v) is 7.56. The molecule has 0 saturated carbocycles. The third-order valence-electron chi connectivity index (χ3n) is 5.88. The van der Waals surface area contributed by atoms with Gasteiger partial charge in [-0.25, -0.2) is 4.39 Å². The molecule has 2 nitrogen and oxygen atoms in total. The molecule has 3 heteroatoms. The number of rotatable bonds is 4. The molecule has 4 rings (SSSR count). The van der Waals surface area contributed by atoms with Gasteiger partial charge in [0.1, 0.15) is 5.82 Å². The van der Waals surface area contributed by atoms with Gasteiger partial charge < -0.3 is 9.80 Å². The molecule has 2 aromatic carbocycles. The van der Waals surface area contributed by atoms with Gasteiger partial charge in [-0.05, 0) is 48.6 Å². The maximum Gasteiger partial charge on any atom is 0.123 e. The van der Waals surface area contributed by atoms with Gasteiger partial charge in [0, 0.05) is 43.8 Å². The average molecular weight is 338 g/mol. The first-order chi connectivity index (χ1) is 12.2.